The number of carboxylic acids is 1. The van der Waals surface area contributed by atoms with Crippen molar-refractivity contribution >= 4 is 17.9 Å². The first-order valence-corrected chi connectivity index (χ1v) is 6.69. The molecule has 0 fully saturated rings. The van der Waals surface area contributed by atoms with Crippen molar-refractivity contribution in [1.82, 2.24) is 0 Å². The molecule has 8 heteroatoms. The van der Waals surface area contributed by atoms with Gasteiger partial charge in [-0.3, -0.25) is 9.59 Å². The van der Waals surface area contributed by atoms with Gasteiger partial charge < -0.3 is 26.0 Å². The highest BCUT2D eigenvalue weighted by atomic mass is 16.6. The average molecular weight is 304 g/mol. The van der Waals surface area contributed by atoms with E-state index in [0.717, 1.165) is 0 Å². The summed E-state index contributed by atoms with van der Waals surface area (Å²) in [5.74, 6) is -3.39. The van der Waals surface area contributed by atoms with Gasteiger partial charge in [-0.05, 0) is 11.8 Å². The van der Waals surface area contributed by atoms with E-state index >= 15 is 0 Å². The monoisotopic (exact) mass is 304 g/mol. The molecule has 0 aromatic carbocycles. The van der Waals surface area contributed by atoms with Crippen LogP contribution in [0.3, 0.4) is 0 Å². The topological polar surface area (TPSA) is 142 Å². The van der Waals surface area contributed by atoms with Gasteiger partial charge in [0, 0.05) is 0 Å². The summed E-state index contributed by atoms with van der Waals surface area (Å²) in [7, 11) is 0. The van der Waals surface area contributed by atoms with Gasteiger partial charge in [0.1, 0.15) is 18.7 Å². The molecule has 0 aliphatic heterocycles. The van der Waals surface area contributed by atoms with Gasteiger partial charge in [0.15, 0.2) is 0 Å². The third-order valence-electron chi connectivity index (χ3n) is 2.89. The number of carbonyl (C=O) groups excluding carboxylic acids is 2. The molecule has 122 valence electrons. The fourth-order valence-corrected chi connectivity index (χ4v) is 1.17. The SMILES string of the molecule is CC(C)[C@H](N)C(=O)OCC(OC(=O)[C@@H](N)C(C)C)C(=O)O. The lowest BCUT2D eigenvalue weighted by Gasteiger charge is -2.20. The summed E-state index contributed by atoms with van der Waals surface area (Å²) >= 11 is 0. The fraction of sp³-hybridized carbons (Fsp3) is 0.769. The van der Waals surface area contributed by atoms with E-state index in [1.807, 2.05) is 0 Å². The van der Waals surface area contributed by atoms with Crippen molar-refractivity contribution in [1.29, 1.82) is 0 Å². The molecule has 8 nitrogen and oxygen atoms in total. The zero-order valence-electron chi connectivity index (χ0n) is 12.7. The number of aliphatic carboxylic acids is 1. The van der Waals surface area contributed by atoms with Crippen LogP contribution in [0.2, 0.25) is 0 Å². The molecular weight excluding hydrogens is 280 g/mol. The molecule has 0 saturated heterocycles. The van der Waals surface area contributed by atoms with Gasteiger partial charge in [0.05, 0.1) is 0 Å². The number of rotatable bonds is 8. The molecule has 5 N–H and O–H groups in total. The van der Waals surface area contributed by atoms with Gasteiger partial charge in [-0.15, -0.1) is 0 Å². The maximum Gasteiger partial charge on any atom is 0.348 e. The maximum atomic E-state index is 11.6. The molecular formula is C13H24N2O6. The number of esters is 2. The van der Waals surface area contributed by atoms with E-state index in [2.05, 4.69) is 0 Å². The molecule has 0 aromatic rings. The molecule has 0 aromatic heterocycles. The van der Waals surface area contributed by atoms with Crippen molar-refractivity contribution < 1.29 is 29.0 Å². The molecule has 0 spiro atoms. The zero-order valence-corrected chi connectivity index (χ0v) is 12.7. The summed E-state index contributed by atoms with van der Waals surface area (Å²) in [5, 5.41) is 8.96. The first-order chi connectivity index (χ1) is 9.57. The Morgan fingerprint density at radius 1 is 0.952 bits per heavy atom. The molecule has 0 aliphatic carbocycles. The highest BCUT2D eigenvalue weighted by Gasteiger charge is 2.29. The maximum absolute atomic E-state index is 11.6. The van der Waals surface area contributed by atoms with E-state index in [4.69, 9.17) is 26.0 Å². The summed E-state index contributed by atoms with van der Waals surface area (Å²) in [6.45, 7) is 6.24. The minimum Gasteiger partial charge on any atom is -0.478 e. The van der Waals surface area contributed by atoms with Crippen LogP contribution in [0.4, 0.5) is 0 Å². The Kier molecular flexibility index (Phi) is 7.90. The number of ether oxygens (including phenoxy) is 2. The third kappa shape index (κ3) is 6.54. The Hall–Kier alpha value is -1.67. The zero-order chi connectivity index (χ0) is 16.7. The third-order valence-corrected chi connectivity index (χ3v) is 2.89. The summed E-state index contributed by atoms with van der Waals surface area (Å²) in [4.78, 5) is 34.1. The lowest BCUT2D eigenvalue weighted by molar-refractivity contribution is -0.173. The molecule has 0 rings (SSSR count). The van der Waals surface area contributed by atoms with Crippen LogP contribution in [0.1, 0.15) is 27.7 Å². The van der Waals surface area contributed by atoms with Gasteiger partial charge in [-0.2, -0.15) is 0 Å². The van der Waals surface area contributed by atoms with Crippen LogP contribution in [-0.2, 0) is 23.9 Å². The summed E-state index contributed by atoms with van der Waals surface area (Å²) in [6.07, 6.45) is -1.61. The molecule has 0 amide bonds. The molecule has 0 heterocycles. The van der Waals surface area contributed by atoms with E-state index in [1.54, 1.807) is 27.7 Å². The Labute approximate surface area is 123 Å². The molecule has 0 bridgehead atoms. The second-order valence-electron chi connectivity index (χ2n) is 5.43. The predicted molar refractivity (Wildman–Crippen MR) is 74.1 cm³/mol. The smallest absolute Gasteiger partial charge is 0.348 e. The van der Waals surface area contributed by atoms with Gasteiger partial charge in [-0.1, -0.05) is 27.7 Å². The van der Waals surface area contributed by atoms with E-state index < -0.39 is 42.7 Å². The van der Waals surface area contributed by atoms with Crippen molar-refractivity contribution in [3.63, 3.8) is 0 Å². The summed E-state index contributed by atoms with van der Waals surface area (Å²) in [6, 6.07) is -1.81. The van der Waals surface area contributed by atoms with E-state index in [1.165, 1.54) is 0 Å². The molecule has 21 heavy (non-hydrogen) atoms. The Morgan fingerprint density at radius 2 is 1.38 bits per heavy atom. The van der Waals surface area contributed by atoms with Gasteiger partial charge >= 0.3 is 17.9 Å². The van der Waals surface area contributed by atoms with E-state index in [0.29, 0.717) is 0 Å². The van der Waals surface area contributed by atoms with Crippen molar-refractivity contribution in [2.24, 2.45) is 23.3 Å². The van der Waals surface area contributed by atoms with Crippen LogP contribution in [0.5, 0.6) is 0 Å². The van der Waals surface area contributed by atoms with Crippen molar-refractivity contribution in [3.8, 4) is 0 Å². The summed E-state index contributed by atoms with van der Waals surface area (Å²) in [5.41, 5.74) is 11.1. The number of carbonyl (C=O) groups is 3. The van der Waals surface area contributed by atoms with Crippen LogP contribution in [-0.4, -0.2) is 47.8 Å². The standard InChI is InChI=1S/C13H24N2O6/c1-6(2)9(14)12(18)20-5-8(11(16)17)21-13(19)10(15)7(3)4/h6-10H,5,14-15H2,1-4H3,(H,16,17)/t8?,9-,10-/m0/s1. The molecule has 0 radical (unpaired) electrons. The first kappa shape index (κ1) is 19.3. The Morgan fingerprint density at radius 3 is 1.76 bits per heavy atom. The predicted octanol–water partition coefficient (Wildman–Crippen LogP) is -0.507. The second kappa shape index (κ2) is 8.58. The quantitative estimate of drug-likeness (QED) is 0.509. The van der Waals surface area contributed by atoms with Gasteiger partial charge in [0.25, 0.3) is 0 Å². The lowest BCUT2D eigenvalue weighted by atomic mass is 10.1. The number of hydrogen-bond acceptors (Lipinski definition) is 7. The number of hydrogen-bond donors (Lipinski definition) is 3. The van der Waals surface area contributed by atoms with E-state index in [9.17, 15) is 14.4 Å². The van der Waals surface area contributed by atoms with Crippen LogP contribution < -0.4 is 11.5 Å². The second-order valence-corrected chi connectivity index (χ2v) is 5.43. The highest BCUT2D eigenvalue weighted by molar-refractivity contribution is 5.81. The van der Waals surface area contributed by atoms with Crippen LogP contribution in [0.15, 0.2) is 0 Å². The minimum atomic E-state index is -1.61. The molecule has 0 aliphatic rings. The molecule has 0 saturated carbocycles. The van der Waals surface area contributed by atoms with Crippen molar-refractivity contribution in [3.05, 3.63) is 0 Å². The van der Waals surface area contributed by atoms with Crippen molar-refractivity contribution in [2.45, 2.75) is 45.9 Å². The van der Waals surface area contributed by atoms with Crippen LogP contribution >= 0.6 is 0 Å². The summed E-state index contributed by atoms with van der Waals surface area (Å²) < 4.78 is 9.51. The number of carboxylic acid groups (broad SMARTS) is 1. The van der Waals surface area contributed by atoms with Gasteiger partial charge in [-0.25, -0.2) is 4.79 Å². The van der Waals surface area contributed by atoms with Crippen molar-refractivity contribution in [2.75, 3.05) is 6.61 Å². The first-order valence-electron chi connectivity index (χ1n) is 6.69. The average Bonchev–Trinajstić information content (AvgIpc) is 2.40. The minimum absolute atomic E-state index is 0.155. The normalized spacial score (nSPS) is 15.4. The largest absolute Gasteiger partial charge is 0.478 e. The van der Waals surface area contributed by atoms with Crippen LogP contribution in [0, 0.1) is 11.8 Å². The Bertz CT molecular complexity index is 383. The number of nitrogens with two attached hydrogens (primary N) is 2. The molecule has 1 unspecified atom stereocenters. The van der Waals surface area contributed by atoms with E-state index in [-0.39, 0.29) is 11.8 Å². The lowest BCUT2D eigenvalue weighted by Crippen LogP contribution is -2.43. The highest BCUT2D eigenvalue weighted by Crippen LogP contribution is 2.06. The molecule has 3 atom stereocenters. The fourth-order valence-electron chi connectivity index (χ4n) is 1.17. The van der Waals surface area contributed by atoms with Gasteiger partial charge in [0.2, 0.25) is 6.10 Å². The Balaban J connectivity index is 4.55. The van der Waals surface area contributed by atoms with Crippen LogP contribution in [0.25, 0.3) is 0 Å².